The predicted octanol–water partition coefficient (Wildman–Crippen LogP) is 30.6. The van der Waals surface area contributed by atoms with Crippen molar-refractivity contribution < 1.29 is 0 Å². The second-order valence-corrected chi connectivity index (χ2v) is 42.9. The van der Waals surface area contributed by atoms with Crippen molar-refractivity contribution in [2.75, 3.05) is 9.80 Å². The molecule has 0 saturated carbocycles. The topological polar surface area (TPSA) is 11.4 Å². The maximum Gasteiger partial charge on any atom is 0.252 e. The lowest BCUT2D eigenvalue weighted by atomic mass is 9.33. The van der Waals surface area contributed by atoms with Crippen LogP contribution in [0.4, 0.5) is 34.1 Å². The van der Waals surface area contributed by atoms with Crippen molar-refractivity contribution in [1.29, 1.82) is 0 Å². The molecule has 0 N–H and O–H groups in total. The predicted molar refractivity (Wildman–Crippen MR) is 529 cm³/mol. The molecule has 1 aromatic heterocycles. The Balaban J connectivity index is 0.941. The van der Waals surface area contributed by atoms with Gasteiger partial charge in [-0.15, -0.1) is 0 Å². The van der Waals surface area contributed by atoms with Crippen LogP contribution in [0.15, 0.2) is 309 Å². The van der Waals surface area contributed by atoms with Gasteiger partial charge < -0.3 is 14.4 Å². The van der Waals surface area contributed by atoms with Gasteiger partial charge in [-0.3, -0.25) is 0 Å². The highest BCUT2D eigenvalue weighted by molar-refractivity contribution is 7.00. The number of anilines is 6. The van der Waals surface area contributed by atoms with Crippen molar-refractivity contribution in [1.82, 2.24) is 4.57 Å². The molecule has 20 rings (SSSR count). The number of aromatic nitrogens is 1. The molecule has 0 saturated heterocycles. The van der Waals surface area contributed by atoms with Crippen molar-refractivity contribution in [2.24, 2.45) is 0 Å². The minimum absolute atomic E-state index is 0.0533. The number of hydrogen-bond donors (Lipinski definition) is 0. The van der Waals surface area contributed by atoms with E-state index in [-0.39, 0.29) is 44.6 Å². The van der Waals surface area contributed by atoms with Crippen molar-refractivity contribution in [3.05, 3.63) is 371 Å². The average Bonchev–Trinajstić information content (AvgIpc) is 1.51. The number of fused-ring (bicyclic) bond motifs is 18. The van der Waals surface area contributed by atoms with Gasteiger partial charge in [0.1, 0.15) is 0 Å². The van der Waals surface area contributed by atoms with Crippen LogP contribution >= 0.6 is 0 Å². The fraction of sp³-hybridized carbons (Fsp3) is 0.244. The highest BCUT2D eigenvalue weighted by Crippen LogP contribution is 2.66. The molecule has 2 aliphatic carbocycles. The van der Waals surface area contributed by atoms with Crippen LogP contribution in [0, 0.1) is 0 Å². The van der Waals surface area contributed by atoms with Crippen molar-refractivity contribution >= 4 is 79.0 Å². The van der Waals surface area contributed by atoms with E-state index in [0.29, 0.717) is 0 Å². The molecule has 4 heteroatoms. The van der Waals surface area contributed by atoms with Crippen molar-refractivity contribution in [3.63, 3.8) is 0 Å². The SMILES string of the molecule is CC(C)(C)c1ccc(-c2cccc(-c3ccc(C(C)(C)C)cc3)c2N2c3cc(-c4cc(C(C)(C)C)cc(C(C)(C)C)c4)ccc3B3c4ccc(-n5c6ccccc6c6c7c(ccc65)-c5ccccc5C75c6ccccc6-c6ccccc65)cc4N(c4c(-c5ccc(C(C)(C)C)cc5)cccc4-c4ccc(C(C)(C)C)cc4)c4cc(C(C)(C)C)cc2c43)cc1. The number of rotatable bonds is 8. The molecule has 0 atom stereocenters. The van der Waals surface area contributed by atoms with E-state index in [4.69, 9.17) is 0 Å². The molecule has 608 valence electrons. The first-order valence-corrected chi connectivity index (χ1v) is 44.7. The van der Waals surface area contributed by atoms with Crippen LogP contribution < -0.4 is 26.2 Å². The zero-order valence-corrected chi connectivity index (χ0v) is 75.9. The van der Waals surface area contributed by atoms with Gasteiger partial charge in [-0.1, -0.05) is 412 Å². The largest absolute Gasteiger partial charge is 0.310 e. The minimum atomic E-state index is -0.579. The lowest BCUT2D eigenvalue weighted by molar-refractivity contribution is 0.569. The molecule has 0 radical (unpaired) electrons. The summed E-state index contributed by atoms with van der Waals surface area (Å²) < 4.78 is 2.63. The van der Waals surface area contributed by atoms with Gasteiger partial charge in [-0.05, 0) is 214 Å². The van der Waals surface area contributed by atoms with E-state index in [1.807, 2.05) is 0 Å². The summed E-state index contributed by atoms with van der Waals surface area (Å²) >= 11 is 0. The van der Waals surface area contributed by atoms with E-state index >= 15 is 0 Å². The Bertz CT molecular complexity index is 6740. The molecule has 3 nitrogen and oxygen atoms in total. The Morgan fingerprint density at radius 1 is 0.236 bits per heavy atom. The van der Waals surface area contributed by atoms with Crippen LogP contribution in [0.5, 0.6) is 0 Å². The fourth-order valence-electron chi connectivity index (χ4n) is 20.9. The van der Waals surface area contributed by atoms with Gasteiger partial charge in [0.05, 0.1) is 27.8 Å². The maximum atomic E-state index is 2.78. The Morgan fingerprint density at radius 3 is 0.984 bits per heavy atom. The second kappa shape index (κ2) is 27.9. The second-order valence-electron chi connectivity index (χ2n) is 42.9. The third kappa shape index (κ3) is 12.7. The lowest BCUT2D eigenvalue weighted by Gasteiger charge is -2.46. The number of benzene rings is 15. The van der Waals surface area contributed by atoms with Crippen LogP contribution in [0.3, 0.4) is 0 Å². The molecule has 0 amide bonds. The maximum absolute atomic E-state index is 2.78. The van der Waals surface area contributed by atoms with E-state index in [9.17, 15) is 0 Å². The van der Waals surface area contributed by atoms with Gasteiger partial charge >= 0.3 is 0 Å². The summed E-state index contributed by atoms with van der Waals surface area (Å²) in [5, 5.41) is 2.52. The smallest absolute Gasteiger partial charge is 0.252 e. The summed E-state index contributed by atoms with van der Waals surface area (Å²) in [5.74, 6) is 0. The standard InChI is InChI=1S/C119H114BN3/c1-112(2,3)79-53-44-73(45-54-79)87-36-30-37-88(74-46-55-80(56-47-74)113(4,5)6)110(87)122-103-68-77(78-66-83(116(13,14)15)69-84(67-78)117(16,17)18)52-63-99(103)120-100-64-61-86(121-101-43-29-25-35-95(101)107-102(121)65-62-94-93-34-24-28-42-98(93)119(108(94)107)96-40-26-22-32-91(96)92-33-23-27-41-97(92)119)72-104(100)123(106-71-85(118(19,20)21)70-105(122)109(106)120)111-89(75-48-57-81(58-49-75)114(7,8)9)38-31-39-90(111)76-50-59-82(60-51-76)115(10,11)12/h22-72H,1-21H3. The molecule has 123 heavy (non-hydrogen) atoms. The molecule has 0 fully saturated rings. The van der Waals surface area contributed by atoms with Crippen LogP contribution in [0.25, 0.3) is 105 Å². The number of hydrogen-bond acceptors (Lipinski definition) is 2. The summed E-state index contributed by atoms with van der Waals surface area (Å²) in [6, 6.07) is 122. The summed E-state index contributed by atoms with van der Waals surface area (Å²) in [7, 11) is 0. The van der Waals surface area contributed by atoms with Crippen LogP contribution in [0.1, 0.15) is 207 Å². The van der Waals surface area contributed by atoms with Gasteiger partial charge in [0, 0.05) is 61.5 Å². The first kappa shape index (κ1) is 79.3. The monoisotopic (exact) mass is 1600 g/mol. The molecular formula is C119H114BN3. The van der Waals surface area contributed by atoms with Gasteiger partial charge in [0.25, 0.3) is 6.71 Å². The summed E-state index contributed by atoms with van der Waals surface area (Å²) in [6.07, 6.45) is 0. The Hall–Kier alpha value is -12.2. The molecule has 16 aromatic rings. The number of nitrogens with zero attached hydrogens (tertiary/aromatic N) is 3. The molecule has 2 aliphatic heterocycles. The molecule has 15 aromatic carbocycles. The van der Waals surface area contributed by atoms with Gasteiger partial charge in [-0.25, -0.2) is 0 Å². The molecule has 3 heterocycles. The highest BCUT2D eigenvalue weighted by Gasteiger charge is 2.54. The highest BCUT2D eigenvalue weighted by atomic mass is 15.2. The van der Waals surface area contributed by atoms with Gasteiger partial charge in [0.15, 0.2) is 0 Å². The van der Waals surface area contributed by atoms with Crippen molar-refractivity contribution in [2.45, 2.75) is 189 Å². The third-order valence-corrected chi connectivity index (χ3v) is 27.7. The first-order chi connectivity index (χ1) is 58.4. The van der Waals surface area contributed by atoms with Crippen LogP contribution in [-0.2, 0) is 43.3 Å². The zero-order chi connectivity index (χ0) is 85.9. The van der Waals surface area contributed by atoms with Gasteiger partial charge in [0.2, 0.25) is 0 Å². The lowest BCUT2D eigenvalue weighted by Crippen LogP contribution is -2.61. The fourth-order valence-corrected chi connectivity index (χ4v) is 20.9. The molecular weight excluding hydrogens is 1480 g/mol. The summed E-state index contributed by atoms with van der Waals surface area (Å²) in [4.78, 5) is 5.55. The van der Waals surface area contributed by atoms with Gasteiger partial charge in [-0.2, -0.15) is 0 Å². The minimum Gasteiger partial charge on any atom is -0.310 e. The third-order valence-electron chi connectivity index (χ3n) is 27.7. The van der Waals surface area contributed by atoms with Crippen molar-refractivity contribution in [3.8, 4) is 83.6 Å². The summed E-state index contributed by atoms with van der Waals surface area (Å²) in [6.45, 7) is 49.2. The normalized spacial score (nSPS) is 14.1. The van der Waals surface area contributed by atoms with E-state index < -0.39 is 5.41 Å². The van der Waals surface area contributed by atoms with Crippen LogP contribution in [0.2, 0.25) is 0 Å². The average molecular weight is 1600 g/mol. The van der Waals surface area contributed by atoms with Crippen LogP contribution in [-0.4, -0.2) is 11.3 Å². The molecule has 1 spiro atoms. The molecule has 4 aliphatic rings. The Kier molecular flexibility index (Phi) is 18.0. The quantitative estimate of drug-likeness (QED) is 0.141. The van der Waals surface area contributed by atoms with E-state index in [2.05, 4.69) is 469 Å². The Labute approximate surface area is 731 Å². The van der Waals surface area contributed by atoms with E-state index in [1.54, 1.807) is 0 Å². The Morgan fingerprint density at radius 2 is 0.577 bits per heavy atom. The number of para-hydroxylation sites is 3. The van der Waals surface area contributed by atoms with E-state index in [0.717, 1.165) is 73.0 Å². The summed E-state index contributed by atoms with van der Waals surface area (Å²) in [5.41, 5.74) is 44.0. The first-order valence-electron chi connectivity index (χ1n) is 44.7. The van der Waals surface area contributed by atoms with E-state index in [1.165, 1.54) is 144 Å². The molecule has 0 bridgehead atoms. The molecule has 0 unspecified atom stereocenters. The zero-order valence-electron chi connectivity index (χ0n) is 75.9.